The lowest BCUT2D eigenvalue weighted by molar-refractivity contribution is -0.958. The molecule has 5 rings (SSSR count). The third-order valence-electron chi connectivity index (χ3n) is 5.44. The molecular formula is C19H23N2+. The van der Waals surface area contributed by atoms with Gasteiger partial charge < -0.3 is 4.48 Å². The molecule has 21 heavy (non-hydrogen) atoms. The van der Waals surface area contributed by atoms with Gasteiger partial charge in [-0.1, -0.05) is 60.7 Å². The lowest BCUT2D eigenvalue weighted by Crippen LogP contribution is -2.67. The average molecular weight is 279 g/mol. The van der Waals surface area contributed by atoms with Crippen molar-refractivity contribution in [1.82, 2.24) is 4.90 Å². The molecule has 2 unspecified atom stereocenters. The number of hydrogen-bond acceptors (Lipinski definition) is 1. The molecule has 108 valence electrons. The fourth-order valence-corrected chi connectivity index (χ4v) is 4.27. The summed E-state index contributed by atoms with van der Waals surface area (Å²) in [7, 11) is 2.45. The predicted octanol–water partition coefficient (Wildman–Crippen LogP) is 3.24. The third-order valence-corrected chi connectivity index (χ3v) is 5.44. The normalized spacial score (nSPS) is 34.8. The van der Waals surface area contributed by atoms with Gasteiger partial charge in [-0.05, 0) is 5.56 Å². The maximum absolute atomic E-state index is 2.69. The highest BCUT2D eigenvalue weighted by molar-refractivity contribution is 5.27. The number of nitrogens with zero attached hydrogens (tertiary/aromatic N) is 2. The Morgan fingerprint density at radius 3 is 1.90 bits per heavy atom. The van der Waals surface area contributed by atoms with Crippen LogP contribution in [0.2, 0.25) is 0 Å². The van der Waals surface area contributed by atoms with Crippen LogP contribution in [0.3, 0.4) is 0 Å². The SMILES string of the molecule is C[N+]12CCN(CC1)C(c1ccccc1)C2c1ccccc1. The Balaban J connectivity index is 1.83. The van der Waals surface area contributed by atoms with E-state index in [1.165, 1.54) is 41.8 Å². The van der Waals surface area contributed by atoms with E-state index in [0.717, 1.165) is 0 Å². The van der Waals surface area contributed by atoms with Crippen molar-refractivity contribution in [3.05, 3.63) is 71.8 Å². The van der Waals surface area contributed by atoms with E-state index < -0.39 is 0 Å². The summed E-state index contributed by atoms with van der Waals surface area (Å²) in [6.45, 7) is 4.98. The van der Waals surface area contributed by atoms with E-state index in [1.54, 1.807) is 0 Å². The number of hydrogen-bond donors (Lipinski definition) is 0. The highest BCUT2D eigenvalue weighted by atomic mass is 15.5. The van der Waals surface area contributed by atoms with Crippen molar-refractivity contribution in [1.29, 1.82) is 0 Å². The zero-order valence-electron chi connectivity index (χ0n) is 12.7. The maximum atomic E-state index is 2.69. The summed E-state index contributed by atoms with van der Waals surface area (Å²) in [6, 6.07) is 23.3. The molecule has 2 aromatic rings. The number of benzene rings is 2. The molecule has 0 radical (unpaired) electrons. The molecule has 0 spiro atoms. The summed E-state index contributed by atoms with van der Waals surface area (Å²) in [4.78, 5) is 2.69. The molecule has 0 amide bonds. The van der Waals surface area contributed by atoms with Crippen LogP contribution in [0.25, 0.3) is 0 Å². The second-order valence-corrected chi connectivity index (χ2v) is 6.67. The predicted molar refractivity (Wildman–Crippen MR) is 85.9 cm³/mol. The van der Waals surface area contributed by atoms with Crippen LogP contribution in [0.5, 0.6) is 0 Å². The zero-order valence-corrected chi connectivity index (χ0v) is 12.7. The molecule has 0 aliphatic carbocycles. The summed E-state index contributed by atoms with van der Waals surface area (Å²) in [6.07, 6.45) is 0. The number of quaternary nitrogens is 1. The summed E-state index contributed by atoms with van der Waals surface area (Å²) < 4.78 is 1.18. The smallest absolute Gasteiger partial charge is 0.134 e. The fraction of sp³-hybridized carbons (Fsp3) is 0.368. The molecule has 3 saturated heterocycles. The van der Waals surface area contributed by atoms with Gasteiger partial charge in [0.05, 0.1) is 26.2 Å². The van der Waals surface area contributed by atoms with Crippen LogP contribution in [-0.2, 0) is 0 Å². The first-order valence-electron chi connectivity index (χ1n) is 7.96. The summed E-state index contributed by atoms with van der Waals surface area (Å²) >= 11 is 0. The molecule has 0 saturated carbocycles. The van der Waals surface area contributed by atoms with E-state index in [0.29, 0.717) is 12.1 Å². The van der Waals surface area contributed by atoms with Crippen molar-refractivity contribution in [3.63, 3.8) is 0 Å². The van der Waals surface area contributed by atoms with Gasteiger partial charge in [0, 0.05) is 18.7 Å². The topological polar surface area (TPSA) is 3.24 Å². The Hall–Kier alpha value is -1.64. The van der Waals surface area contributed by atoms with Crippen molar-refractivity contribution in [2.45, 2.75) is 12.1 Å². The van der Waals surface area contributed by atoms with Gasteiger partial charge in [-0.15, -0.1) is 0 Å². The summed E-state index contributed by atoms with van der Waals surface area (Å²) in [5, 5.41) is 0. The Bertz CT molecular complexity index is 600. The number of rotatable bonds is 2. The van der Waals surface area contributed by atoms with Crippen molar-refractivity contribution < 1.29 is 4.48 Å². The van der Waals surface area contributed by atoms with Gasteiger partial charge in [0.2, 0.25) is 0 Å². The van der Waals surface area contributed by atoms with Crippen molar-refractivity contribution >= 4 is 0 Å². The average Bonchev–Trinajstić information content (AvgIpc) is 2.56. The first-order valence-corrected chi connectivity index (χ1v) is 7.96. The minimum Gasteiger partial charge on any atom is -0.316 e. The second-order valence-electron chi connectivity index (χ2n) is 6.67. The van der Waals surface area contributed by atoms with Gasteiger partial charge in [-0.3, -0.25) is 4.90 Å². The van der Waals surface area contributed by atoms with Crippen LogP contribution < -0.4 is 0 Å². The largest absolute Gasteiger partial charge is 0.316 e. The number of likely N-dealkylation sites (N-methyl/N-ethyl adjacent to an activating group) is 1. The van der Waals surface area contributed by atoms with E-state index in [2.05, 4.69) is 72.6 Å². The van der Waals surface area contributed by atoms with Crippen LogP contribution in [0.15, 0.2) is 60.7 Å². The Morgan fingerprint density at radius 1 is 0.810 bits per heavy atom. The highest BCUT2D eigenvalue weighted by Gasteiger charge is 2.51. The van der Waals surface area contributed by atoms with Crippen LogP contribution in [0.4, 0.5) is 0 Å². The van der Waals surface area contributed by atoms with E-state index in [-0.39, 0.29) is 0 Å². The van der Waals surface area contributed by atoms with Gasteiger partial charge in [-0.2, -0.15) is 0 Å². The third kappa shape index (κ3) is 2.10. The van der Waals surface area contributed by atoms with E-state index >= 15 is 0 Å². The second kappa shape index (κ2) is 4.97. The van der Waals surface area contributed by atoms with Crippen LogP contribution in [0, 0.1) is 0 Å². The van der Waals surface area contributed by atoms with Crippen molar-refractivity contribution in [2.75, 3.05) is 33.2 Å². The molecule has 2 atom stereocenters. The van der Waals surface area contributed by atoms with Gasteiger partial charge in [0.15, 0.2) is 0 Å². The maximum Gasteiger partial charge on any atom is 0.134 e. The molecule has 3 heterocycles. The fourth-order valence-electron chi connectivity index (χ4n) is 4.27. The Kier molecular flexibility index (Phi) is 3.09. The molecule has 2 bridgehead atoms. The van der Waals surface area contributed by atoms with Crippen LogP contribution >= 0.6 is 0 Å². The summed E-state index contributed by atoms with van der Waals surface area (Å²) in [5.74, 6) is 0. The quantitative estimate of drug-likeness (QED) is 0.763. The van der Waals surface area contributed by atoms with E-state index in [4.69, 9.17) is 0 Å². The standard InChI is InChI=1S/C19H23N2/c1-21-14-12-20(13-15-21)18(16-8-4-2-5-9-16)19(21)17-10-6-3-7-11-17/h2-11,18-19H,12-15H2,1H3/q+1. The van der Waals surface area contributed by atoms with Crippen LogP contribution in [-0.4, -0.2) is 42.6 Å². The molecular weight excluding hydrogens is 256 g/mol. The van der Waals surface area contributed by atoms with E-state index in [1.807, 2.05) is 0 Å². The van der Waals surface area contributed by atoms with Crippen molar-refractivity contribution in [3.8, 4) is 0 Å². The number of fused-ring (bicyclic) bond motifs is 3. The van der Waals surface area contributed by atoms with Gasteiger partial charge in [0.25, 0.3) is 0 Å². The van der Waals surface area contributed by atoms with Gasteiger partial charge in [0.1, 0.15) is 6.04 Å². The molecule has 2 heteroatoms. The zero-order chi connectivity index (χ0) is 14.3. The van der Waals surface area contributed by atoms with E-state index in [9.17, 15) is 0 Å². The molecule has 3 fully saturated rings. The molecule has 2 nitrogen and oxygen atoms in total. The number of piperazine rings is 3. The first-order chi connectivity index (χ1) is 10.3. The summed E-state index contributed by atoms with van der Waals surface area (Å²) in [5.41, 5.74) is 2.95. The molecule has 3 aliphatic rings. The Labute approximate surface area is 127 Å². The lowest BCUT2D eigenvalue weighted by Gasteiger charge is -2.58. The van der Waals surface area contributed by atoms with Gasteiger partial charge >= 0.3 is 0 Å². The highest BCUT2D eigenvalue weighted by Crippen LogP contribution is 2.47. The Morgan fingerprint density at radius 2 is 1.33 bits per heavy atom. The lowest BCUT2D eigenvalue weighted by atomic mass is 9.84. The molecule has 0 aromatic heterocycles. The van der Waals surface area contributed by atoms with Crippen LogP contribution in [0.1, 0.15) is 23.2 Å². The minimum absolute atomic E-state index is 0.515. The van der Waals surface area contributed by atoms with Crippen molar-refractivity contribution in [2.24, 2.45) is 0 Å². The monoisotopic (exact) mass is 279 g/mol. The van der Waals surface area contributed by atoms with Gasteiger partial charge in [-0.25, -0.2) is 0 Å². The minimum atomic E-state index is 0.515. The molecule has 0 N–H and O–H groups in total. The molecule has 3 aliphatic heterocycles. The first kappa shape index (κ1) is 13.1. The molecule has 2 aromatic carbocycles.